The van der Waals surface area contributed by atoms with Crippen LogP contribution in [0.5, 0.6) is 0 Å². The highest BCUT2D eigenvalue weighted by Crippen LogP contribution is 2.28. The predicted molar refractivity (Wildman–Crippen MR) is 88.0 cm³/mol. The molecule has 2 nitrogen and oxygen atoms in total. The van der Waals surface area contributed by atoms with Crippen molar-refractivity contribution < 1.29 is 9.47 Å². The third kappa shape index (κ3) is 7.15. The Balaban J connectivity index is 1.53. The van der Waals surface area contributed by atoms with Gasteiger partial charge in [0, 0.05) is 13.2 Å². The van der Waals surface area contributed by atoms with Gasteiger partial charge in [0.25, 0.3) is 0 Å². The summed E-state index contributed by atoms with van der Waals surface area (Å²) in [5.74, 6) is 0.898. The van der Waals surface area contributed by atoms with E-state index >= 15 is 0 Å². The molecular formula is C19H34O2. The normalized spacial score (nSPS) is 29.0. The fourth-order valence-corrected chi connectivity index (χ4v) is 3.84. The van der Waals surface area contributed by atoms with Gasteiger partial charge in [-0.3, -0.25) is 0 Å². The monoisotopic (exact) mass is 294 g/mol. The van der Waals surface area contributed by atoms with E-state index in [-0.39, 0.29) is 0 Å². The summed E-state index contributed by atoms with van der Waals surface area (Å²) in [5.41, 5.74) is 0. The summed E-state index contributed by atoms with van der Waals surface area (Å²) in [4.78, 5) is 0. The predicted octanol–water partition coefficient (Wildman–Crippen LogP) is 5.12. The molecule has 0 aliphatic heterocycles. The number of hydrogen-bond acceptors (Lipinski definition) is 2. The summed E-state index contributed by atoms with van der Waals surface area (Å²) in [6, 6.07) is 0. The minimum Gasteiger partial charge on any atom is -0.378 e. The standard InChI is InChI=1S/C19H34O2/c1-2-20-19-13-7-9-17(14-15-19)10-8-16-21-18-11-5-3-4-6-12-18/h3,17-19H,1-2,4-16H2. The molecule has 2 radical (unpaired) electrons. The van der Waals surface area contributed by atoms with Gasteiger partial charge in [-0.05, 0) is 70.6 Å². The molecule has 2 rings (SSSR count). The molecule has 3 unspecified atom stereocenters. The van der Waals surface area contributed by atoms with E-state index in [1.165, 1.54) is 77.0 Å². The highest BCUT2D eigenvalue weighted by Gasteiger charge is 2.19. The van der Waals surface area contributed by atoms with Gasteiger partial charge in [-0.2, -0.15) is 0 Å². The van der Waals surface area contributed by atoms with Crippen molar-refractivity contribution in [2.75, 3.05) is 13.2 Å². The zero-order valence-corrected chi connectivity index (χ0v) is 13.7. The van der Waals surface area contributed by atoms with Crippen molar-refractivity contribution in [2.24, 2.45) is 5.92 Å². The van der Waals surface area contributed by atoms with Crippen LogP contribution >= 0.6 is 0 Å². The summed E-state index contributed by atoms with van der Waals surface area (Å²) in [7, 11) is 0. The first-order valence-electron chi connectivity index (χ1n) is 9.22. The van der Waals surface area contributed by atoms with E-state index in [2.05, 4.69) is 13.3 Å². The maximum absolute atomic E-state index is 6.09. The van der Waals surface area contributed by atoms with E-state index in [4.69, 9.17) is 9.47 Å². The summed E-state index contributed by atoms with van der Waals surface area (Å²) in [6.07, 6.45) is 18.9. The van der Waals surface area contributed by atoms with Crippen LogP contribution < -0.4 is 0 Å². The van der Waals surface area contributed by atoms with Gasteiger partial charge >= 0.3 is 0 Å². The number of hydrogen-bond donors (Lipinski definition) is 0. The molecule has 0 N–H and O–H groups in total. The second-order valence-electron chi connectivity index (χ2n) is 6.80. The highest BCUT2D eigenvalue weighted by molar-refractivity contribution is 4.75. The Kier molecular flexibility index (Phi) is 8.73. The van der Waals surface area contributed by atoms with Crippen molar-refractivity contribution >= 4 is 0 Å². The van der Waals surface area contributed by atoms with Crippen molar-refractivity contribution in [1.82, 2.24) is 0 Å². The first-order valence-corrected chi connectivity index (χ1v) is 9.22. The molecule has 2 heteroatoms. The van der Waals surface area contributed by atoms with Crippen LogP contribution in [0.15, 0.2) is 0 Å². The lowest BCUT2D eigenvalue weighted by Gasteiger charge is -2.18. The third-order valence-corrected chi connectivity index (χ3v) is 5.13. The van der Waals surface area contributed by atoms with Gasteiger partial charge in [-0.1, -0.05) is 25.7 Å². The molecule has 0 heterocycles. The third-order valence-electron chi connectivity index (χ3n) is 5.13. The van der Waals surface area contributed by atoms with Crippen molar-refractivity contribution in [3.05, 3.63) is 13.3 Å². The molecule has 21 heavy (non-hydrogen) atoms. The molecule has 0 amide bonds. The molecule has 0 spiro atoms. The van der Waals surface area contributed by atoms with Crippen LogP contribution in [0.3, 0.4) is 0 Å². The smallest absolute Gasteiger partial charge is 0.0575 e. The van der Waals surface area contributed by atoms with Gasteiger partial charge < -0.3 is 9.47 Å². The van der Waals surface area contributed by atoms with Crippen LogP contribution in [0.1, 0.15) is 77.0 Å². The Morgan fingerprint density at radius 2 is 1.71 bits per heavy atom. The first kappa shape index (κ1) is 17.3. The highest BCUT2D eigenvalue weighted by atomic mass is 16.5. The number of ether oxygens (including phenoxy) is 2. The van der Waals surface area contributed by atoms with E-state index in [0.29, 0.717) is 18.8 Å². The van der Waals surface area contributed by atoms with Crippen LogP contribution in [0.4, 0.5) is 0 Å². The molecule has 2 aliphatic rings. The van der Waals surface area contributed by atoms with Crippen LogP contribution in [0.2, 0.25) is 0 Å². The molecule has 2 aliphatic carbocycles. The second-order valence-corrected chi connectivity index (χ2v) is 6.80. The summed E-state index contributed by atoms with van der Waals surface area (Å²) in [5, 5.41) is 0. The lowest BCUT2D eigenvalue weighted by Crippen LogP contribution is -2.13. The molecule has 0 aromatic heterocycles. The van der Waals surface area contributed by atoms with Gasteiger partial charge in [0.15, 0.2) is 0 Å². The molecule has 0 bridgehead atoms. The Hall–Kier alpha value is -0.0800. The average molecular weight is 294 g/mol. The molecular weight excluding hydrogens is 260 g/mol. The minimum atomic E-state index is 0.478. The van der Waals surface area contributed by atoms with Crippen LogP contribution in [-0.2, 0) is 9.47 Å². The van der Waals surface area contributed by atoms with Gasteiger partial charge in [0.2, 0.25) is 0 Å². The second kappa shape index (κ2) is 10.6. The summed E-state index contributed by atoms with van der Waals surface area (Å²) in [6.45, 7) is 5.40. The zero-order chi connectivity index (χ0) is 14.8. The fraction of sp³-hybridized carbons (Fsp3) is 0.895. The Morgan fingerprint density at radius 1 is 0.857 bits per heavy atom. The maximum Gasteiger partial charge on any atom is 0.0575 e. The van der Waals surface area contributed by atoms with Gasteiger partial charge in [-0.15, -0.1) is 0 Å². The molecule has 0 saturated heterocycles. The SMILES string of the molecule is [CH2]COC1CCCC(CCCOC2CC[CH]CCC2)CC1. The fourth-order valence-electron chi connectivity index (χ4n) is 3.84. The largest absolute Gasteiger partial charge is 0.378 e. The zero-order valence-electron chi connectivity index (χ0n) is 13.7. The minimum absolute atomic E-state index is 0.478. The van der Waals surface area contributed by atoms with Gasteiger partial charge in [0.05, 0.1) is 12.2 Å². The van der Waals surface area contributed by atoms with E-state index in [9.17, 15) is 0 Å². The van der Waals surface area contributed by atoms with Crippen molar-refractivity contribution in [3.8, 4) is 0 Å². The summed E-state index contributed by atoms with van der Waals surface area (Å²) < 4.78 is 11.8. The quantitative estimate of drug-likeness (QED) is 0.479. The first-order chi connectivity index (χ1) is 10.4. The molecule has 0 aromatic carbocycles. The van der Waals surface area contributed by atoms with E-state index < -0.39 is 0 Å². The molecule has 0 aromatic rings. The Morgan fingerprint density at radius 3 is 2.62 bits per heavy atom. The van der Waals surface area contributed by atoms with E-state index in [1.807, 2.05) is 0 Å². The van der Waals surface area contributed by atoms with Crippen LogP contribution in [0.25, 0.3) is 0 Å². The lowest BCUT2D eigenvalue weighted by atomic mass is 9.95. The number of rotatable bonds is 7. The Labute approximate surface area is 132 Å². The van der Waals surface area contributed by atoms with Crippen molar-refractivity contribution in [1.29, 1.82) is 0 Å². The van der Waals surface area contributed by atoms with Gasteiger partial charge in [-0.25, -0.2) is 0 Å². The molecule has 2 saturated carbocycles. The summed E-state index contributed by atoms with van der Waals surface area (Å²) >= 11 is 0. The molecule has 2 fully saturated rings. The topological polar surface area (TPSA) is 18.5 Å². The Bertz CT molecular complexity index is 246. The van der Waals surface area contributed by atoms with Crippen LogP contribution in [-0.4, -0.2) is 25.4 Å². The average Bonchev–Trinajstić information content (AvgIpc) is 2.87. The molecule has 3 atom stereocenters. The van der Waals surface area contributed by atoms with Gasteiger partial charge in [0.1, 0.15) is 0 Å². The van der Waals surface area contributed by atoms with E-state index in [1.54, 1.807) is 0 Å². The van der Waals surface area contributed by atoms with E-state index in [0.717, 1.165) is 12.5 Å². The van der Waals surface area contributed by atoms with Crippen molar-refractivity contribution in [3.63, 3.8) is 0 Å². The van der Waals surface area contributed by atoms with Crippen molar-refractivity contribution in [2.45, 2.75) is 89.3 Å². The molecule has 122 valence electrons. The maximum atomic E-state index is 6.09. The van der Waals surface area contributed by atoms with Crippen LogP contribution in [0, 0.1) is 19.3 Å². The lowest BCUT2D eigenvalue weighted by molar-refractivity contribution is 0.0389.